The Morgan fingerprint density at radius 2 is 1.95 bits per heavy atom. The molecule has 1 rings (SSSR count). The number of rotatable bonds is 6. The highest BCUT2D eigenvalue weighted by Crippen LogP contribution is 2.33. The average molecular weight is 269 g/mol. The molecule has 0 radical (unpaired) electrons. The normalized spacial score (nSPS) is 15.8. The van der Waals surface area contributed by atoms with Gasteiger partial charge in [0, 0.05) is 19.6 Å². The van der Waals surface area contributed by atoms with Crippen LogP contribution in [0, 0.1) is 11.3 Å². The third-order valence-corrected chi connectivity index (χ3v) is 2.95. The van der Waals surface area contributed by atoms with E-state index in [0.717, 1.165) is 6.42 Å². The Morgan fingerprint density at radius 1 is 1.32 bits per heavy atom. The second kappa shape index (κ2) is 6.48. The molecule has 5 heteroatoms. The summed E-state index contributed by atoms with van der Waals surface area (Å²) in [5.74, 6) is 1.76. The predicted octanol–water partition coefficient (Wildman–Crippen LogP) is 2.72. The van der Waals surface area contributed by atoms with Crippen molar-refractivity contribution in [3.05, 3.63) is 11.7 Å². The van der Waals surface area contributed by atoms with Crippen LogP contribution in [-0.4, -0.2) is 23.3 Å². The molecule has 110 valence electrons. The molecule has 0 aliphatic heterocycles. The lowest BCUT2D eigenvalue weighted by atomic mass is 9.88. The molecule has 1 aromatic rings. The summed E-state index contributed by atoms with van der Waals surface area (Å²) in [6.07, 6.45) is 1.39. The number of ether oxygens (including phenoxy) is 1. The highest BCUT2D eigenvalue weighted by Gasteiger charge is 2.30. The summed E-state index contributed by atoms with van der Waals surface area (Å²) < 4.78 is 10.7. The molecule has 0 aliphatic rings. The fourth-order valence-corrected chi connectivity index (χ4v) is 2.22. The predicted molar refractivity (Wildman–Crippen MR) is 74.6 cm³/mol. The van der Waals surface area contributed by atoms with Crippen LogP contribution in [0.4, 0.5) is 0 Å². The Hall–Kier alpha value is -0.940. The Labute approximate surface area is 115 Å². The summed E-state index contributed by atoms with van der Waals surface area (Å²) in [6.45, 7) is 10.6. The van der Waals surface area contributed by atoms with Gasteiger partial charge < -0.3 is 15.0 Å². The first-order valence-electron chi connectivity index (χ1n) is 6.85. The lowest BCUT2D eigenvalue weighted by Crippen LogP contribution is -2.25. The maximum atomic E-state index is 6.05. The van der Waals surface area contributed by atoms with Gasteiger partial charge in [0.1, 0.15) is 6.10 Å². The third kappa shape index (κ3) is 4.91. The molecule has 0 bridgehead atoms. The largest absolute Gasteiger partial charge is 0.373 e. The van der Waals surface area contributed by atoms with Gasteiger partial charge in [0.15, 0.2) is 0 Å². The molecule has 2 unspecified atom stereocenters. The molecule has 0 fully saturated rings. The topological polar surface area (TPSA) is 74.2 Å². The van der Waals surface area contributed by atoms with Crippen molar-refractivity contribution >= 4 is 0 Å². The quantitative estimate of drug-likeness (QED) is 0.859. The van der Waals surface area contributed by atoms with Gasteiger partial charge in [0.05, 0.1) is 0 Å². The number of nitrogens with zero attached hydrogens (tertiary/aromatic N) is 2. The van der Waals surface area contributed by atoms with Gasteiger partial charge in [-0.3, -0.25) is 0 Å². The van der Waals surface area contributed by atoms with Gasteiger partial charge in [0.2, 0.25) is 11.7 Å². The van der Waals surface area contributed by atoms with Gasteiger partial charge in [-0.25, -0.2) is 0 Å². The smallest absolute Gasteiger partial charge is 0.228 e. The van der Waals surface area contributed by atoms with Crippen molar-refractivity contribution in [3.8, 4) is 0 Å². The molecule has 0 aliphatic carbocycles. The van der Waals surface area contributed by atoms with Crippen LogP contribution in [0.2, 0.25) is 0 Å². The van der Waals surface area contributed by atoms with Crippen LogP contribution in [-0.2, 0) is 11.2 Å². The highest BCUT2D eigenvalue weighted by molar-refractivity contribution is 4.97. The van der Waals surface area contributed by atoms with Crippen LogP contribution in [0.3, 0.4) is 0 Å². The zero-order valence-corrected chi connectivity index (χ0v) is 12.9. The van der Waals surface area contributed by atoms with Gasteiger partial charge in [-0.2, -0.15) is 4.98 Å². The summed E-state index contributed by atoms with van der Waals surface area (Å²) in [7, 11) is 1.66. The summed E-state index contributed by atoms with van der Waals surface area (Å²) in [6, 6.07) is 0.0592. The highest BCUT2D eigenvalue weighted by atomic mass is 16.5. The summed E-state index contributed by atoms with van der Waals surface area (Å²) in [5, 5.41) is 4.02. The van der Waals surface area contributed by atoms with Crippen molar-refractivity contribution in [3.63, 3.8) is 0 Å². The molecule has 2 N–H and O–H groups in total. The van der Waals surface area contributed by atoms with Crippen LogP contribution in [0.25, 0.3) is 0 Å². The van der Waals surface area contributed by atoms with Gasteiger partial charge in [-0.1, -0.05) is 39.8 Å². The van der Waals surface area contributed by atoms with E-state index >= 15 is 0 Å². The zero-order chi connectivity index (χ0) is 14.6. The van der Waals surface area contributed by atoms with E-state index in [0.29, 0.717) is 24.1 Å². The first-order chi connectivity index (χ1) is 8.74. The van der Waals surface area contributed by atoms with E-state index in [4.69, 9.17) is 15.0 Å². The minimum atomic E-state index is -0.175. The van der Waals surface area contributed by atoms with Gasteiger partial charge in [-0.15, -0.1) is 0 Å². The van der Waals surface area contributed by atoms with Crippen molar-refractivity contribution in [1.29, 1.82) is 0 Å². The van der Waals surface area contributed by atoms with Crippen LogP contribution in [0.15, 0.2) is 4.52 Å². The molecule has 2 atom stereocenters. The van der Waals surface area contributed by atoms with E-state index in [9.17, 15) is 0 Å². The van der Waals surface area contributed by atoms with Crippen LogP contribution in [0.5, 0.6) is 0 Å². The number of methoxy groups -OCH3 is 1. The molecular formula is C14H27N3O2. The van der Waals surface area contributed by atoms with E-state index in [-0.39, 0.29) is 17.6 Å². The molecule has 0 saturated heterocycles. The van der Waals surface area contributed by atoms with E-state index in [1.807, 2.05) is 0 Å². The van der Waals surface area contributed by atoms with E-state index in [1.54, 1.807) is 7.11 Å². The zero-order valence-electron chi connectivity index (χ0n) is 12.9. The molecule has 0 amide bonds. The lowest BCUT2D eigenvalue weighted by Gasteiger charge is -2.26. The molecule has 1 aromatic heterocycles. The van der Waals surface area contributed by atoms with Crippen molar-refractivity contribution in [2.45, 2.75) is 59.6 Å². The molecule has 0 spiro atoms. The summed E-state index contributed by atoms with van der Waals surface area (Å²) >= 11 is 0. The SMILES string of the molecule is COC(c1noc(CC(N)CC(C)C)n1)C(C)(C)C. The van der Waals surface area contributed by atoms with Crippen LogP contribution < -0.4 is 5.73 Å². The van der Waals surface area contributed by atoms with Gasteiger partial charge in [0.25, 0.3) is 0 Å². The Kier molecular flexibility index (Phi) is 5.50. The average Bonchev–Trinajstić information content (AvgIpc) is 2.63. The van der Waals surface area contributed by atoms with Gasteiger partial charge in [-0.05, 0) is 17.8 Å². The first kappa shape index (κ1) is 16.1. The summed E-state index contributed by atoms with van der Waals surface area (Å²) in [4.78, 5) is 4.41. The lowest BCUT2D eigenvalue weighted by molar-refractivity contribution is 0.00718. The molecular weight excluding hydrogens is 242 g/mol. The van der Waals surface area contributed by atoms with Crippen molar-refractivity contribution in [2.24, 2.45) is 17.1 Å². The Morgan fingerprint density at radius 3 is 2.42 bits per heavy atom. The second-order valence-electron chi connectivity index (χ2n) is 6.62. The Bertz CT molecular complexity index is 382. The van der Waals surface area contributed by atoms with Crippen LogP contribution in [0.1, 0.15) is 58.9 Å². The van der Waals surface area contributed by atoms with Crippen molar-refractivity contribution < 1.29 is 9.26 Å². The maximum absolute atomic E-state index is 6.05. The fourth-order valence-electron chi connectivity index (χ4n) is 2.22. The summed E-state index contributed by atoms with van der Waals surface area (Å²) in [5.41, 5.74) is 5.98. The van der Waals surface area contributed by atoms with E-state index in [1.165, 1.54) is 0 Å². The number of hydrogen-bond acceptors (Lipinski definition) is 5. The van der Waals surface area contributed by atoms with Gasteiger partial charge >= 0.3 is 0 Å². The molecule has 5 nitrogen and oxygen atoms in total. The molecule has 1 heterocycles. The number of nitrogens with two attached hydrogens (primary N) is 1. The Balaban J connectivity index is 2.71. The maximum Gasteiger partial charge on any atom is 0.228 e. The van der Waals surface area contributed by atoms with Crippen molar-refractivity contribution in [2.75, 3.05) is 7.11 Å². The van der Waals surface area contributed by atoms with E-state index in [2.05, 4.69) is 44.8 Å². The van der Waals surface area contributed by atoms with Crippen molar-refractivity contribution in [1.82, 2.24) is 10.1 Å². The number of hydrogen-bond donors (Lipinski definition) is 1. The fraction of sp³-hybridized carbons (Fsp3) is 0.857. The molecule has 0 saturated carbocycles. The third-order valence-electron chi connectivity index (χ3n) is 2.95. The second-order valence-corrected chi connectivity index (χ2v) is 6.62. The minimum Gasteiger partial charge on any atom is -0.373 e. The first-order valence-corrected chi connectivity index (χ1v) is 6.85. The number of aromatic nitrogens is 2. The van der Waals surface area contributed by atoms with E-state index < -0.39 is 0 Å². The molecule has 0 aromatic carbocycles. The monoisotopic (exact) mass is 269 g/mol. The van der Waals surface area contributed by atoms with Crippen LogP contribution >= 0.6 is 0 Å². The minimum absolute atomic E-state index is 0.0592. The molecule has 19 heavy (non-hydrogen) atoms. The standard InChI is InChI=1S/C14H27N3O2/c1-9(2)7-10(15)8-11-16-13(17-19-11)12(18-6)14(3,4)5/h9-10,12H,7-8,15H2,1-6H3.